The molecule has 94 heavy (non-hydrogen) atoms. The molecular formula is C61H97N17O16. The van der Waals surface area contributed by atoms with Crippen LogP contribution in [-0.4, -0.2) is 201 Å². The zero-order valence-corrected chi connectivity index (χ0v) is 54.7. The highest BCUT2D eigenvalue weighted by Gasteiger charge is 2.43. The van der Waals surface area contributed by atoms with Gasteiger partial charge in [0.2, 0.25) is 70.9 Å². The largest absolute Gasteiger partial charge is 0.394 e. The van der Waals surface area contributed by atoms with Crippen LogP contribution in [0.3, 0.4) is 0 Å². The molecule has 0 saturated carbocycles. The maximum atomic E-state index is 15.5. The van der Waals surface area contributed by atoms with Gasteiger partial charge in [-0.25, -0.2) is 0 Å². The van der Waals surface area contributed by atoms with Crippen molar-refractivity contribution in [3.05, 3.63) is 66.0 Å². The Hall–Kier alpha value is -8.92. The van der Waals surface area contributed by atoms with Gasteiger partial charge < -0.3 is 101 Å². The number of hydrogen-bond acceptors (Lipinski definition) is 19. The minimum atomic E-state index is -2.57. The first-order valence-corrected chi connectivity index (χ1v) is 31.0. The van der Waals surface area contributed by atoms with E-state index in [1.807, 2.05) is 26.1 Å². The molecule has 0 bridgehead atoms. The smallest absolute Gasteiger partial charge is 0.248 e. The summed E-state index contributed by atoms with van der Waals surface area (Å²) >= 11 is 0. The first-order valence-electron chi connectivity index (χ1n) is 31.0. The molecule has 0 unspecified atom stereocenters. The summed E-state index contributed by atoms with van der Waals surface area (Å²) in [5.41, 5.74) is 17.2. The van der Waals surface area contributed by atoms with Crippen molar-refractivity contribution >= 4 is 76.8 Å². The van der Waals surface area contributed by atoms with Gasteiger partial charge >= 0.3 is 0 Å². The molecule has 23 N–H and O–H groups in total. The van der Waals surface area contributed by atoms with E-state index in [9.17, 15) is 68.4 Å². The number of nitrogens with two attached hydrogens (primary N) is 3. The maximum absolute atomic E-state index is 15.5. The van der Waals surface area contributed by atoms with E-state index in [1.54, 1.807) is 45.9 Å². The third-order valence-electron chi connectivity index (χ3n) is 15.2. The summed E-state index contributed by atoms with van der Waals surface area (Å²) < 4.78 is 0. The fourth-order valence-corrected chi connectivity index (χ4v) is 9.80. The Labute approximate surface area is 545 Å². The molecule has 3 rings (SSSR count). The van der Waals surface area contributed by atoms with E-state index in [4.69, 9.17) is 22.6 Å². The van der Waals surface area contributed by atoms with E-state index in [0.29, 0.717) is 5.56 Å². The summed E-state index contributed by atoms with van der Waals surface area (Å²) in [5.74, 6) is -16.8. The van der Waals surface area contributed by atoms with Crippen LogP contribution < -0.4 is 81.0 Å². The maximum Gasteiger partial charge on any atom is 0.248 e. The van der Waals surface area contributed by atoms with Crippen LogP contribution in [0.5, 0.6) is 0 Å². The molecule has 1 aromatic heterocycles. The molecule has 12 amide bonds. The molecule has 33 nitrogen and oxygen atoms in total. The number of aliphatic hydroxyl groups is 4. The van der Waals surface area contributed by atoms with Crippen molar-refractivity contribution in [2.24, 2.45) is 40.4 Å². The number of amides is 12. The Bertz CT molecular complexity index is 2940. The molecule has 522 valence electrons. The normalized spacial score (nSPS) is 24.2. The third-order valence-corrected chi connectivity index (χ3v) is 15.2. The number of carbonyl (C=O) groups excluding carboxylic acids is 12. The molecular weight excluding hydrogens is 1230 g/mol. The van der Waals surface area contributed by atoms with Crippen LogP contribution in [0.2, 0.25) is 0 Å². The number of aliphatic hydroxyl groups excluding tert-OH is 4. The van der Waals surface area contributed by atoms with Gasteiger partial charge in [0.05, 0.1) is 37.4 Å². The van der Waals surface area contributed by atoms with Crippen molar-refractivity contribution in [1.82, 2.24) is 68.8 Å². The Kier molecular flexibility index (Phi) is 31.8. The monoisotopic (exact) mass is 1320 g/mol. The summed E-state index contributed by atoms with van der Waals surface area (Å²) in [4.78, 5) is 176. The molecule has 1 aliphatic rings. The predicted octanol–water partition coefficient (Wildman–Crippen LogP) is -5.67. The Balaban J connectivity index is 2.44. The van der Waals surface area contributed by atoms with Crippen molar-refractivity contribution in [1.29, 1.82) is 5.41 Å². The topological polar surface area (TPSA) is 545 Å². The molecule has 15 atom stereocenters. The van der Waals surface area contributed by atoms with Crippen molar-refractivity contribution in [2.45, 2.75) is 193 Å². The minimum Gasteiger partial charge on any atom is -0.394 e. The first-order chi connectivity index (χ1) is 44.0. The second-order valence-corrected chi connectivity index (χ2v) is 25.3. The van der Waals surface area contributed by atoms with E-state index in [2.05, 4.69) is 63.5 Å². The summed E-state index contributed by atoms with van der Waals surface area (Å²) in [7, 11) is 0. The zero-order valence-electron chi connectivity index (χ0n) is 54.7. The number of rotatable bonds is 22. The lowest BCUT2D eigenvalue weighted by Gasteiger charge is -2.34. The van der Waals surface area contributed by atoms with Crippen molar-refractivity contribution in [3.63, 3.8) is 0 Å². The lowest BCUT2D eigenvalue weighted by atomic mass is 9.88. The summed E-state index contributed by atoms with van der Waals surface area (Å²) in [6.07, 6.45) is -3.42. The standard InChI is InChI=1S/C61H97N17O16/c1-11-31(6)41-56(91)75-42(32(7)80)55(90)68-27-40(81)73-46(48(83)49(63)84)59(94)72-39(28-79)54(89)76-43(34-18-13-12-14-19-34)44(77-53(88)38(24-33-17-15-21-66-26-33)70-50(85)35(62)25-61(8,9)10)57(92)78-45(47(82)30(4)5)58(93)71-37(23-29(2)3)52(87)69-36(51(86)74-41)20-16-22-67-60(64)65/h12-15,17-19,21,26,29-32,35-39,41-48,79-80,82-83H,11,16,20,22-25,27-28,62H2,1-10H3,(H2,63,84)(H,68,90)(H,69,87)(H,70,85)(H,71,93)(H,72,94)(H,73,81)(H,74,86)(H,75,91)(H,76,89)(H,77,88)(H,78,92)(H4,64,65,67)/t31-,32-,35+,36+,37-,38-,39-,41-,42-,43+,44-,45-,46-,47+,48-/m0/s1. The lowest BCUT2D eigenvalue weighted by Crippen LogP contribution is -2.65. The molecule has 1 aromatic carbocycles. The van der Waals surface area contributed by atoms with Crippen LogP contribution in [0.25, 0.3) is 0 Å². The Morgan fingerprint density at radius 3 is 1.82 bits per heavy atom. The van der Waals surface area contributed by atoms with E-state index < -0.39 is 198 Å². The first kappa shape index (κ1) is 79.3. The Morgan fingerprint density at radius 1 is 0.691 bits per heavy atom. The summed E-state index contributed by atoms with van der Waals surface area (Å²) in [6.45, 7) is 13.9. The van der Waals surface area contributed by atoms with Gasteiger partial charge in [-0.1, -0.05) is 105 Å². The second kappa shape index (κ2) is 37.7. The summed E-state index contributed by atoms with van der Waals surface area (Å²) in [6, 6.07) is -9.34. The van der Waals surface area contributed by atoms with Gasteiger partial charge in [0.1, 0.15) is 54.4 Å². The van der Waals surface area contributed by atoms with Gasteiger partial charge in [0.25, 0.3) is 0 Å². The highest BCUT2D eigenvalue weighted by Crippen LogP contribution is 2.22. The fourth-order valence-electron chi connectivity index (χ4n) is 9.80. The zero-order chi connectivity index (χ0) is 70.9. The number of guanidine groups is 1. The van der Waals surface area contributed by atoms with Crippen molar-refractivity contribution in [2.75, 3.05) is 19.7 Å². The van der Waals surface area contributed by atoms with E-state index in [1.165, 1.54) is 50.5 Å². The number of pyridine rings is 1. The highest BCUT2D eigenvalue weighted by molar-refractivity contribution is 6.01. The van der Waals surface area contributed by atoms with E-state index >= 15 is 9.59 Å². The quantitative estimate of drug-likeness (QED) is 0.0297. The van der Waals surface area contributed by atoms with Gasteiger partial charge in [0.15, 0.2) is 12.1 Å². The predicted molar refractivity (Wildman–Crippen MR) is 341 cm³/mol. The number of nitrogens with one attached hydrogen (secondary N) is 13. The average molecular weight is 1320 g/mol. The second-order valence-electron chi connectivity index (χ2n) is 25.3. The average Bonchev–Trinajstić information content (AvgIpc) is 0.965. The van der Waals surface area contributed by atoms with Crippen LogP contribution in [0.4, 0.5) is 0 Å². The van der Waals surface area contributed by atoms with Crippen LogP contribution in [-0.2, 0) is 64.0 Å². The van der Waals surface area contributed by atoms with E-state index in [-0.39, 0.29) is 50.6 Å². The third kappa shape index (κ3) is 25.5. The van der Waals surface area contributed by atoms with Crippen LogP contribution >= 0.6 is 0 Å². The van der Waals surface area contributed by atoms with Crippen molar-refractivity contribution in [3.8, 4) is 0 Å². The molecule has 0 radical (unpaired) electrons. The number of benzene rings is 1. The number of carbonyl (C=O) groups is 12. The molecule has 0 spiro atoms. The highest BCUT2D eigenvalue weighted by atomic mass is 16.3. The molecule has 1 saturated heterocycles. The molecule has 1 aliphatic heterocycles. The Morgan fingerprint density at radius 2 is 1.27 bits per heavy atom. The number of nitrogens with zero attached hydrogens (tertiary/aromatic N) is 1. The fraction of sp³-hybridized carbons (Fsp3) is 0.607. The SMILES string of the molecule is CC[C@H](C)[C@@H]1NC(=O)[C@@H](CCCNC(=N)N)NC(=O)[C@H](CC(C)C)NC(=O)[C@H]([C@H](O)C(C)C)NC(=O)[C@@H](NC(=O)[C@H](Cc2cccnc2)NC(=O)[C@H](N)CC(C)(C)C)[C@@H](c2ccccc2)NC(=O)[C@H](CO)NC(=O)[C@H]([C@H](O)C(N)=O)NC(=O)CNC(=O)[C@H]([C@H](C)O)NC1=O. The molecule has 2 aromatic rings. The lowest BCUT2D eigenvalue weighted by molar-refractivity contribution is -0.140. The van der Waals surface area contributed by atoms with Crippen LogP contribution in [0.15, 0.2) is 54.9 Å². The molecule has 0 aliphatic carbocycles. The number of hydrogen-bond donors (Lipinski definition) is 20. The molecule has 33 heteroatoms. The van der Waals surface area contributed by atoms with Gasteiger partial charge in [-0.05, 0) is 73.0 Å². The van der Waals surface area contributed by atoms with Gasteiger partial charge in [0, 0.05) is 25.4 Å². The van der Waals surface area contributed by atoms with Crippen molar-refractivity contribution < 1.29 is 78.0 Å². The van der Waals surface area contributed by atoms with Gasteiger partial charge in [-0.2, -0.15) is 0 Å². The minimum absolute atomic E-state index is 0.0113. The summed E-state index contributed by atoms with van der Waals surface area (Å²) in [5, 5.41) is 81.3. The van der Waals surface area contributed by atoms with Crippen LogP contribution in [0, 0.1) is 28.6 Å². The molecule has 2 heterocycles. The van der Waals surface area contributed by atoms with Gasteiger partial charge in [-0.3, -0.25) is 67.9 Å². The van der Waals surface area contributed by atoms with Gasteiger partial charge in [-0.15, -0.1) is 0 Å². The molecule has 1 fully saturated rings. The van der Waals surface area contributed by atoms with Crippen LogP contribution in [0.1, 0.15) is 119 Å². The number of aromatic nitrogens is 1. The van der Waals surface area contributed by atoms with E-state index in [0.717, 1.165) is 6.92 Å². The number of primary amides is 1.